The lowest BCUT2D eigenvalue weighted by atomic mass is 9.82. The highest BCUT2D eigenvalue weighted by Crippen LogP contribution is 2.28. The van der Waals surface area contributed by atoms with Crippen LogP contribution in [0.25, 0.3) is 0 Å². The molecule has 0 aliphatic heterocycles. The molecule has 2 aromatic rings. The van der Waals surface area contributed by atoms with E-state index in [0.29, 0.717) is 11.6 Å². The summed E-state index contributed by atoms with van der Waals surface area (Å²) in [6.45, 7) is 0. The molecule has 0 atom stereocenters. The highest BCUT2D eigenvalue weighted by molar-refractivity contribution is 7.15. The molecular weight excluding hydrogens is 349 g/mol. The number of nitrogens with two attached hydrogens (primary N) is 1. The second kappa shape index (κ2) is 8.05. The van der Waals surface area contributed by atoms with Crippen molar-refractivity contribution in [3.05, 3.63) is 46.7 Å². The van der Waals surface area contributed by atoms with Crippen LogP contribution in [0.5, 0.6) is 0 Å². The number of anilines is 1. The predicted molar refractivity (Wildman–Crippen MR) is 97.2 cm³/mol. The van der Waals surface area contributed by atoms with Crippen LogP contribution in [0.2, 0.25) is 0 Å². The lowest BCUT2D eigenvalue weighted by Crippen LogP contribution is -2.52. The molecule has 1 heterocycles. The number of thiazole rings is 1. The summed E-state index contributed by atoms with van der Waals surface area (Å²) in [5, 5.41) is 3.39. The highest BCUT2D eigenvalue weighted by atomic mass is 35.5. The van der Waals surface area contributed by atoms with Crippen LogP contribution in [0, 0.1) is 5.82 Å². The first-order chi connectivity index (χ1) is 11.0. The summed E-state index contributed by atoms with van der Waals surface area (Å²) in [6, 6.07) is 6.50. The fourth-order valence-corrected chi connectivity index (χ4v) is 3.77. The largest absolute Gasteiger partial charge is 0.317 e. The molecule has 1 aliphatic carbocycles. The Balaban J connectivity index is 0.00000208. The fraction of sp³-hybridized carbons (Fsp3) is 0.412. The molecule has 1 fully saturated rings. The summed E-state index contributed by atoms with van der Waals surface area (Å²) < 4.78 is 13.2. The van der Waals surface area contributed by atoms with Gasteiger partial charge in [0.15, 0.2) is 5.13 Å². The molecule has 24 heavy (non-hydrogen) atoms. The minimum Gasteiger partial charge on any atom is -0.317 e. The molecule has 3 rings (SSSR count). The highest BCUT2D eigenvalue weighted by Gasteiger charge is 2.35. The van der Waals surface area contributed by atoms with Crippen molar-refractivity contribution >= 4 is 34.8 Å². The summed E-state index contributed by atoms with van der Waals surface area (Å²) in [4.78, 5) is 17.6. The Morgan fingerprint density at radius 1 is 1.33 bits per heavy atom. The van der Waals surface area contributed by atoms with Gasteiger partial charge in [-0.05, 0) is 30.5 Å². The number of carbonyl (C=O) groups is 1. The first-order valence-corrected chi connectivity index (χ1v) is 8.66. The van der Waals surface area contributed by atoms with Crippen LogP contribution in [-0.4, -0.2) is 16.4 Å². The molecule has 0 unspecified atom stereocenters. The van der Waals surface area contributed by atoms with Gasteiger partial charge in [-0.15, -0.1) is 23.7 Å². The molecule has 0 radical (unpaired) electrons. The normalized spacial score (nSPS) is 16.2. The summed E-state index contributed by atoms with van der Waals surface area (Å²) >= 11 is 1.40. The van der Waals surface area contributed by atoms with Gasteiger partial charge in [0.05, 0.1) is 5.54 Å². The van der Waals surface area contributed by atoms with Crippen molar-refractivity contribution in [3.63, 3.8) is 0 Å². The van der Waals surface area contributed by atoms with Crippen molar-refractivity contribution in [2.75, 3.05) is 5.32 Å². The molecule has 130 valence electrons. The Kier molecular flexibility index (Phi) is 6.32. The zero-order valence-corrected chi connectivity index (χ0v) is 14.9. The second-order valence-electron chi connectivity index (χ2n) is 6.11. The number of amides is 1. The fourth-order valence-electron chi connectivity index (χ4n) is 2.93. The molecule has 4 nitrogen and oxygen atoms in total. The molecule has 1 amide bonds. The van der Waals surface area contributed by atoms with Crippen molar-refractivity contribution < 1.29 is 9.18 Å². The van der Waals surface area contributed by atoms with Crippen LogP contribution in [0.3, 0.4) is 0 Å². The van der Waals surface area contributed by atoms with E-state index < -0.39 is 5.54 Å². The maximum atomic E-state index is 13.2. The van der Waals surface area contributed by atoms with Crippen LogP contribution >= 0.6 is 23.7 Å². The minimum absolute atomic E-state index is 0. The van der Waals surface area contributed by atoms with Gasteiger partial charge in [0, 0.05) is 17.5 Å². The molecule has 1 aliphatic rings. The van der Waals surface area contributed by atoms with Crippen LogP contribution < -0.4 is 11.1 Å². The first-order valence-electron chi connectivity index (χ1n) is 7.85. The van der Waals surface area contributed by atoms with Gasteiger partial charge in [-0.25, -0.2) is 9.37 Å². The number of hydrogen-bond donors (Lipinski definition) is 2. The Bertz CT molecular complexity index is 701. The summed E-state index contributed by atoms with van der Waals surface area (Å²) in [7, 11) is 0. The average molecular weight is 370 g/mol. The minimum atomic E-state index is -0.771. The number of carbonyl (C=O) groups excluding carboxylic acids is 1. The number of aromatic nitrogens is 1. The summed E-state index contributed by atoms with van der Waals surface area (Å²) in [5.74, 6) is -0.397. The molecule has 1 aromatic carbocycles. The van der Waals surface area contributed by atoms with Crippen LogP contribution in [0.1, 0.15) is 42.5 Å². The summed E-state index contributed by atoms with van der Waals surface area (Å²) in [5.41, 5.74) is 6.33. The topological polar surface area (TPSA) is 68.0 Å². The average Bonchev–Trinajstić information content (AvgIpc) is 2.95. The van der Waals surface area contributed by atoms with Crippen molar-refractivity contribution in [1.82, 2.24) is 4.98 Å². The van der Waals surface area contributed by atoms with E-state index in [0.717, 1.165) is 42.5 Å². The van der Waals surface area contributed by atoms with Gasteiger partial charge >= 0.3 is 0 Å². The van der Waals surface area contributed by atoms with E-state index in [2.05, 4.69) is 10.3 Å². The zero-order valence-electron chi connectivity index (χ0n) is 13.3. The molecule has 1 aromatic heterocycles. The molecule has 0 bridgehead atoms. The number of rotatable bonds is 4. The van der Waals surface area contributed by atoms with Gasteiger partial charge in [0.25, 0.3) is 0 Å². The number of nitrogens with one attached hydrogen (secondary N) is 1. The maximum Gasteiger partial charge on any atom is 0.246 e. The Hall–Kier alpha value is -1.50. The van der Waals surface area contributed by atoms with E-state index in [1.807, 2.05) is 6.07 Å². The number of nitrogens with zero attached hydrogens (tertiary/aromatic N) is 1. The van der Waals surface area contributed by atoms with Crippen molar-refractivity contribution in [2.24, 2.45) is 5.73 Å². The maximum absolute atomic E-state index is 13.2. The monoisotopic (exact) mass is 369 g/mol. The smallest absolute Gasteiger partial charge is 0.246 e. The van der Waals surface area contributed by atoms with Crippen LogP contribution in [-0.2, 0) is 11.2 Å². The molecule has 1 saturated carbocycles. The third kappa shape index (κ3) is 4.53. The number of benzene rings is 1. The second-order valence-corrected chi connectivity index (χ2v) is 7.22. The standard InChI is InChI=1S/C17H20FN3OS.ClH/c18-13-6-4-5-12(9-13)10-14-11-20-16(23-14)21-15(22)17(19)7-2-1-3-8-17;/h4-6,9,11H,1-3,7-8,10,19H2,(H,20,21,22);1H. The van der Waals surface area contributed by atoms with E-state index in [1.54, 1.807) is 12.3 Å². The molecule has 0 saturated heterocycles. The third-order valence-corrected chi connectivity index (χ3v) is 5.15. The van der Waals surface area contributed by atoms with E-state index in [4.69, 9.17) is 5.73 Å². The van der Waals surface area contributed by atoms with Gasteiger partial charge in [-0.1, -0.05) is 31.4 Å². The lowest BCUT2D eigenvalue weighted by molar-refractivity contribution is -0.122. The Labute approximate surface area is 151 Å². The molecule has 0 spiro atoms. The van der Waals surface area contributed by atoms with Gasteiger partial charge in [0.1, 0.15) is 5.82 Å². The van der Waals surface area contributed by atoms with Crippen molar-refractivity contribution in [2.45, 2.75) is 44.1 Å². The molecule has 3 N–H and O–H groups in total. The molecular formula is C17H21ClFN3OS. The SMILES string of the molecule is Cl.NC1(C(=O)Nc2ncc(Cc3cccc(F)c3)s2)CCCCC1. The zero-order chi connectivity index (χ0) is 16.3. The third-order valence-electron chi connectivity index (χ3n) is 4.24. The molecule has 7 heteroatoms. The Morgan fingerprint density at radius 2 is 2.08 bits per heavy atom. The van der Waals surface area contributed by atoms with Crippen molar-refractivity contribution in [1.29, 1.82) is 0 Å². The van der Waals surface area contributed by atoms with Crippen molar-refractivity contribution in [3.8, 4) is 0 Å². The first kappa shape index (κ1) is 18.8. The predicted octanol–water partition coefficient (Wildman–Crippen LogP) is 3.89. The Morgan fingerprint density at radius 3 is 2.79 bits per heavy atom. The van der Waals surface area contributed by atoms with E-state index in [1.165, 1.54) is 23.5 Å². The van der Waals surface area contributed by atoms with E-state index >= 15 is 0 Å². The van der Waals surface area contributed by atoms with Gasteiger partial charge < -0.3 is 11.1 Å². The van der Waals surface area contributed by atoms with Crippen LogP contribution in [0.4, 0.5) is 9.52 Å². The van der Waals surface area contributed by atoms with Gasteiger partial charge in [-0.3, -0.25) is 4.79 Å². The van der Waals surface area contributed by atoms with E-state index in [9.17, 15) is 9.18 Å². The number of halogens is 2. The van der Waals surface area contributed by atoms with Gasteiger partial charge in [0.2, 0.25) is 5.91 Å². The quantitative estimate of drug-likeness (QED) is 0.858. The van der Waals surface area contributed by atoms with E-state index in [-0.39, 0.29) is 24.1 Å². The lowest BCUT2D eigenvalue weighted by Gasteiger charge is -2.31. The summed E-state index contributed by atoms with van der Waals surface area (Å²) in [6.07, 6.45) is 6.88. The number of hydrogen-bond acceptors (Lipinski definition) is 4. The van der Waals surface area contributed by atoms with Gasteiger partial charge in [-0.2, -0.15) is 0 Å². The van der Waals surface area contributed by atoms with Crippen LogP contribution in [0.15, 0.2) is 30.5 Å².